The topological polar surface area (TPSA) is 28.7 Å². The van der Waals surface area contributed by atoms with E-state index in [1.807, 2.05) is 11.4 Å². The first-order valence-electron chi connectivity index (χ1n) is 4.73. The SMILES string of the molecule is Fc1cc2[nH]c(-c3sccc3Cl)nc2cc1Br. The molecule has 2 heterocycles. The first kappa shape index (κ1) is 11.2. The third-order valence-corrected chi connectivity index (χ3v) is 4.31. The van der Waals surface area contributed by atoms with Gasteiger partial charge in [0.05, 0.1) is 25.4 Å². The molecule has 3 aromatic rings. The summed E-state index contributed by atoms with van der Waals surface area (Å²) < 4.78 is 13.8. The highest BCUT2D eigenvalue weighted by Gasteiger charge is 2.11. The molecule has 3 rings (SSSR count). The van der Waals surface area contributed by atoms with E-state index in [9.17, 15) is 4.39 Å². The van der Waals surface area contributed by atoms with Gasteiger partial charge < -0.3 is 4.98 Å². The molecule has 6 heteroatoms. The fourth-order valence-electron chi connectivity index (χ4n) is 1.58. The van der Waals surface area contributed by atoms with E-state index < -0.39 is 0 Å². The molecule has 1 N–H and O–H groups in total. The Morgan fingerprint density at radius 2 is 2.24 bits per heavy atom. The Balaban J connectivity index is 2.24. The van der Waals surface area contributed by atoms with Crippen molar-refractivity contribution in [1.82, 2.24) is 9.97 Å². The van der Waals surface area contributed by atoms with Crippen molar-refractivity contribution in [3.63, 3.8) is 0 Å². The molecule has 86 valence electrons. The number of aromatic amines is 1. The Morgan fingerprint density at radius 3 is 2.94 bits per heavy atom. The number of fused-ring (bicyclic) bond motifs is 1. The van der Waals surface area contributed by atoms with Crippen LogP contribution in [0.25, 0.3) is 21.7 Å². The second-order valence-corrected chi connectivity index (χ2v) is 5.64. The number of hydrogen-bond donors (Lipinski definition) is 1. The minimum absolute atomic E-state index is 0.315. The van der Waals surface area contributed by atoms with Gasteiger partial charge in [-0.2, -0.15) is 0 Å². The van der Waals surface area contributed by atoms with Gasteiger partial charge in [0.15, 0.2) is 0 Å². The number of aromatic nitrogens is 2. The highest BCUT2D eigenvalue weighted by molar-refractivity contribution is 9.10. The summed E-state index contributed by atoms with van der Waals surface area (Å²) in [5.74, 6) is 0.350. The van der Waals surface area contributed by atoms with Crippen LogP contribution in [-0.2, 0) is 0 Å². The van der Waals surface area contributed by atoms with Crippen molar-refractivity contribution in [2.45, 2.75) is 0 Å². The molecule has 0 radical (unpaired) electrons. The highest BCUT2D eigenvalue weighted by Crippen LogP contribution is 2.33. The van der Waals surface area contributed by atoms with Crippen LogP contribution in [0, 0.1) is 5.82 Å². The zero-order chi connectivity index (χ0) is 12.0. The van der Waals surface area contributed by atoms with Crippen LogP contribution >= 0.6 is 38.9 Å². The third-order valence-electron chi connectivity index (χ3n) is 2.36. The summed E-state index contributed by atoms with van der Waals surface area (Å²) in [5.41, 5.74) is 1.36. The average Bonchev–Trinajstić information content (AvgIpc) is 2.85. The van der Waals surface area contributed by atoms with Gasteiger partial charge in [0.25, 0.3) is 0 Å². The molecule has 0 aliphatic carbocycles. The van der Waals surface area contributed by atoms with E-state index in [1.54, 1.807) is 6.07 Å². The van der Waals surface area contributed by atoms with Gasteiger partial charge in [-0.1, -0.05) is 11.6 Å². The Bertz CT molecular complexity index is 668. The molecule has 0 saturated carbocycles. The maximum absolute atomic E-state index is 13.4. The van der Waals surface area contributed by atoms with Gasteiger partial charge in [0.1, 0.15) is 11.6 Å². The van der Waals surface area contributed by atoms with Crippen LogP contribution in [0.3, 0.4) is 0 Å². The van der Waals surface area contributed by atoms with Crippen LogP contribution in [0.5, 0.6) is 0 Å². The number of rotatable bonds is 1. The van der Waals surface area contributed by atoms with Gasteiger partial charge in [0.2, 0.25) is 0 Å². The van der Waals surface area contributed by atoms with Crippen molar-refractivity contribution >= 4 is 49.9 Å². The molecule has 17 heavy (non-hydrogen) atoms. The molecule has 0 spiro atoms. The van der Waals surface area contributed by atoms with Crippen LogP contribution in [0.1, 0.15) is 0 Å². The van der Waals surface area contributed by atoms with Crippen molar-refractivity contribution in [3.8, 4) is 10.7 Å². The Labute approximate surface area is 114 Å². The van der Waals surface area contributed by atoms with Gasteiger partial charge >= 0.3 is 0 Å². The molecular formula is C11H5BrClFN2S. The van der Waals surface area contributed by atoms with Crippen LogP contribution in [0.2, 0.25) is 5.02 Å². The molecule has 0 aliphatic heterocycles. The lowest BCUT2D eigenvalue weighted by atomic mass is 10.3. The largest absolute Gasteiger partial charge is 0.337 e. The van der Waals surface area contributed by atoms with Crippen molar-refractivity contribution in [2.24, 2.45) is 0 Å². The van der Waals surface area contributed by atoms with Gasteiger partial charge in [-0.05, 0) is 33.4 Å². The molecule has 0 aliphatic rings. The van der Waals surface area contributed by atoms with Gasteiger partial charge in [-0.25, -0.2) is 9.37 Å². The highest BCUT2D eigenvalue weighted by atomic mass is 79.9. The van der Waals surface area contributed by atoms with Gasteiger partial charge in [-0.15, -0.1) is 11.3 Å². The van der Waals surface area contributed by atoms with Gasteiger partial charge in [-0.3, -0.25) is 0 Å². The van der Waals surface area contributed by atoms with Crippen LogP contribution in [0.4, 0.5) is 4.39 Å². The van der Waals surface area contributed by atoms with Crippen LogP contribution in [-0.4, -0.2) is 9.97 Å². The molecule has 2 nitrogen and oxygen atoms in total. The first-order chi connectivity index (χ1) is 8.15. The normalized spacial score (nSPS) is 11.2. The molecule has 0 saturated heterocycles. The third kappa shape index (κ3) is 1.88. The van der Waals surface area contributed by atoms with E-state index in [0.29, 0.717) is 26.4 Å². The summed E-state index contributed by atoms with van der Waals surface area (Å²) in [6, 6.07) is 4.87. The van der Waals surface area contributed by atoms with E-state index in [4.69, 9.17) is 11.6 Å². The predicted molar refractivity (Wildman–Crippen MR) is 72.1 cm³/mol. The number of halogens is 3. The molecule has 0 atom stereocenters. The molecule has 0 fully saturated rings. The Morgan fingerprint density at radius 1 is 1.41 bits per heavy atom. The minimum atomic E-state index is -0.315. The zero-order valence-corrected chi connectivity index (χ0v) is 11.5. The number of nitrogens with one attached hydrogen (secondary N) is 1. The Hall–Kier alpha value is -0.910. The van der Waals surface area contributed by atoms with Crippen molar-refractivity contribution in [1.29, 1.82) is 0 Å². The lowest BCUT2D eigenvalue weighted by molar-refractivity contribution is 0.623. The summed E-state index contributed by atoms with van der Waals surface area (Å²) in [4.78, 5) is 8.31. The first-order valence-corrected chi connectivity index (χ1v) is 6.78. The second kappa shape index (κ2) is 4.08. The molecule has 0 unspecified atom stereocenters. The van der Waals surface area contributed by atoms with Crippen molar-refractivity contribution < 1.29 is 4.39 Å². The van der Waals surface area contributed by atoms with Crippen LogP contribution < -0.4 is 0 Å². The van der Waals surface area contributed by atoms with E-state index in [-0.39, 0.29) is 5.82 Å². The maximum atomic E-state index is 13.4. The fraction of sp³-hybridized carbons (Fsp3) is 0. The minimum Gasteiger partial charge on any atom is -0.337 e. The fourth-order valence-corrected chi connectivity index (χ4v) is 3.00. The number of H-pyrrole nitrogens is 1. The summed E-state index contributed by atoms with van der Waals surface area (Å²) >= 11 is 10.7. The summed E-state index contributed by atoms with van der Waals surface area (Å²) in [6.07, 6.45) is 0. The molecular weight excluding hydrogens is 327 g/mol. The van der Waals surface area contributed by atoms with E-state index >= 15 is 0 Å². The molecule has 0 amide bonds. The molecule has 2 aromatic heterocycles. The summed E-state index contributed by atoms with van der Waals surface area (Å²) in [6.45, 7) is 0. The number of benzene rings is 1. The average molecular weight is 332 g/mol. The maximum Gasteiger partial charge on any atom is 0.150 e. The van der Waals surface area contributed by atoms with E-state index in [2.05, 4.69) is 25.9 Å². The predicted octanol–water partition coefficient (Wildman–Crippen LogP) is 4.85. The standard InChI is InChI=1S/C11H5BrClFN2S/c12-5-3-8-9(4-7(5)14)16-11(15-8)10-6(13)1-2-17-10/h1-4H,(H,15,16). The monoisotopic (exact) mass is 330 g/mol. The summed E-state index contributed by atoms with van der Waals surface area (Å²) in [7, 11) is 0. The number of thiophene rings is 1. The second-order valence-electron chi connectivity index (χ2n) is 3.47. The van der Waals surface area contributed by atoms with E-state index in [1.165, 1.54) is 17.4 Å². The van der Waals surface area contributed by atoms with Crippen LogP contribution in [0.15, 0.2) is 28.1 Å². The smallest absolute Gasteiger partial charge is 0.150 e. The van der Waals surface area contributed by atoms with Gasteiger partial charge in [0, 0.05) is 6.07 Å². The number of nitrogens with zero attached hydrogens (tertiary/aromatic N) is 1. The number of imidazole rings is 1. The van der Waals surface area contributed by atoms with Crippen molar-refractivity contribution in [3.05, 3.63) is 38.9 Å². The van der Waals surface area contributed by atoms with Crippen molar-refractivity contribution in [2.75, 3.05) is 0 Å². The summed E-state index contributed by atoms with van der Waals surface area (Å²) in [5, 5.41) is 2.54. The lowest BCUT2D eigenvalue weighted by Crippen LogP contribution is -1.77. The molecule has 0 bridgehead atoms. The lowest BCUT2D eigenvalue weighted by Gasteiger charge is -1.92. The quantitative estimate of drug-likeness (QED) is 0.678. The molecule has 1 aromatic carbocycles. The number of hydrogen-bond acceptors (Lipinski definition) is 2. The Kier molecular flexibility index (Phi) is 2.69. The zero-order valence-electron chi connectivity index (χ0n) is 8.30. The van der Waals surface area contributed by atoms with E-state index in [0.717, 1.165) is 4.88 Å².